The van der Waals surface area contributed by atoms with Crippen molar-refractivity contribution in [2.45, 2.75) is 45.2 Å². The molecule has 3 aliphatic rings. The van der Waals surface area contributed by atoms with Crippen molar-refractivity contribution in [3.8, 4) is 22.8 Å². The van der Waals surface area contributed by atoms with Crippen LogP contribution < -0.4 is 10.7 Å². The average Bonchev–Trinajstić information content (AvgIpc) is 3.68. The number of aromatic amines is 1. The van der Waals surface area contributed by atoms with Crippen molar-refractivity contribution in [2.75, 3.05) is 4.90 Å². The summed E-state index contributed by atoms with van der Waals surface area (Å²) >= 11 is 6.37. The molecule has 4 aromatic rings. The lowest BCUT2D eigenvalue weighted by atomic mass is 9.83. The van der Waals surface area contributed by atoms with Crippen molar-refractivity contribution in [3.05, 3.63) is 76.5 Å². The molecule has 0 unspecified atom stereocenters. The van der Waals surface area contributed by atoms with Crippen molar-refractivity contribution in [1.29, 1.82) is 0 Å². The number of pyridine rings is 2. The number of hydrogen-bond acceptors (Lipinski definition) is 8. The van der Waals surface area contributed by atoms with Crippen molar-refractivity contribution in [1.82, 2.24) is 29.7 Å². The number of fused-ring (bicyclic) bond motifs is 2. The fraction of sp³-hybridized carbons (Fsp3) is 0.321. The van der Waals surface area contributed by atoms with E-state index in [1.807, 2.05) is 30.5 Å². The fourth-order valence-corrected chi connectivity index (χ4v) is 5.90. The molecule has 11 heteroatoms. The van der Waals surface area contributed by atoms with Crippen LogP contribution in [0, 0.1) is 11.8 Å². The number of H-pyrrole nitrogens is 1. The molecule has 0 radical (unpaired) electrons. The Morgan fingerprint density at radius 1 is 1.15 bits per heavy atom. The van der Waals surface area contributed by atoms with Crippen LogP contribution in [0.25, 0.3) is 33.9 Å². The molecule has 1 saturated carbocycles. The SMILES string of the molecule is C[C@H]1CC[C@H](Cn2c(N3C=COC4=CC=C[C@@H]43)nc3cc(-c4n[nH]c(=O)o4)nc(-c4cncc(Cl)c4)c32)CC1. The van der Waals surface area contributed by atoms with E-state index in [2.05, 4.69) is 37.6 Å². The van der Waals surface area contributed by atoms with Gasteiger partial charge in [0.25, 0.3) is 5.89 Å². The Bertz CT molecular complexity index is 1710. The molecule has 0 amide bonds. The van der Waals surface area contributed by atoms with Gasteiger partial charge in [0, 0.05) is 30.7 Å². The Kier molecular flexibility index (Phi) is 5.84. The molecule has 0 bridgehead atoms. The van der Waals surface area contributed by atoms with E-state index in [0.29, 0.717) is 27.8 Å². The van der Waals surface area contributed by atoms with Gasteiger partial charge >= 0.3 is 5.76 Å². The van der Waals surface area contributed by atoms with Gasteiger partial charge in [0.1, 0.15) is 23.8 Å². The predicted octanol–water partition coefficient (Wildman–Crippen LogP) is 5.45. The number of rotatable bonds is 5. The van der Waals surface area contributed by atoms with Gasteiger partial charge in [-0.25, -0.2) is 19.9 Å². The fourth-order valence-electron chi connectivity index (χ4n) is 5.72. The van der Waals surface area contributed by atoms with Crippen molar-refractivity contribution >= 4 is 28.6 Å². The van der Waals surface area contributed by atoms with Crippen molar-refractivity contribution in [2.24, 2.45) is 11.8 Å². The van der Waals surface area contributed by atoms with Crippen LogP contribution in [0.1, 0.15) is 32.6 Å². The first-order chi connectivity index (χ1) is 19.0. The summed E-state index contributed by atoms with van der Waals surface area (Å²) in [6.45, 7) is 3.12. The smallest absolute Gasteiger partial charge is 0.434 e. The highest BCUT2D eigenvalue weighted by Gasteiger charge is 2.32. The number of aromatic nitrogens is 6. The van der Waals surface area contributed by atoms with Crippen LogP contribution in [-0.4, -0.2) is 35.8 Å². The first-order valence-corrected chi connectivity index (χ1v) is 13.5. The first-order valence-electron chi connectivity index (χ1n) is 13.1. The predicted molar refractivity (Wildman–Crippen MR) is 147 cm³/mol. The zero-order valence-corrected chi connectivity index (χ0v) is 22.0. The van der Waals surface area contributed by atoms with Crippen LogP contribution in [0.2, 0.25) is 5.02 Å². The molecular formula is C28H26ClN7O3. The number of allylic oxidation sites excluding steroid dienone is 2. The third kappa shape index (κ3) is 4.34. The molecule has 1 atom stereocenters. The standard InChI is InChI=1S/C28H26ClN7O3/c1-16-5-7-17(8-6-16)15-36-25-20(32-27(36)35-9-10-38-23-4-2-3-22(23)35)12-21(26-33-34-28(37)39-26)31-24(25)18-11-19(29)14-30-13-18/h2-4,9-14,16-17,22H,5-8,15H2,1H3,(H,34,37)/t16-,17-,22-/m0/s1. The maximum absolute atomic E-state index is 11.7. The minimum atomic E-state index is -0.651. The van der Waals surface area contributed by atoms with E-state index in [9.17, 15) is 4.79 Å². The molecule has 0 saturated heterocycles. The Labute approximate surface area is 228 Å². The quantitative estimate of drug-likeness (QED) is 0.353. The summed E-state index contributed by atoms with van der Waals surface area (Å²) in [4.78, 5) is 28.3. The molecule has 7 rings (SSSR count). The lowest BCUT2D eigenvalue weighted by Crippen LogP contribution is -2.35. The Hall–Kier alpha value is -4.18. The lowest BCUT2D eigenvalue weighted by molar-refractivity contribution is 0.266. The maximum atomic E-state index is 11.7. The van der Waals surface area contributed by atoms with Gasteiger partial charge in [0.15, 0.2) is 0 Å². The number of nitrogens with one attached hydrogen (secondary N) is 1. The van der Waals surface area contributed by atoms with Gasteiger partial charge in [-0.2, -0.15) is 0 Å². The van der Waals surface area contributed by atoms with Gasteiger partial charge in [-0.05, 0) is 42.9 Å². The Morgan fingerprint density at radius 3 is 2.82 bits per heavy atom. The van der Waals surface area contributed by atoms with Gasteiger partial charge < -0.3 is 18.6 Å². The zero-order valence-electron chi connectivity index (χ0n) is 21.2. The molecule has 2 aliphatic carbocycles. The molecule has 1 aliphatic heterocycles. The highest BCUT2D eigenvalue weighted by atomic mass is 35.5. The molecule has 10 nitrogen and oxygen atoms in total. The third-order valence-corrected chi connectivity index (χ3v) is 7.92. The highest BCUT2D eigenvalue weighted by molar-refractivity contribution is 6.30. The monoisotopic (exact) mass is 543 g/mol. The molecule has 39 heavy (non-hydrogen) atoms. The van der Waals surface area contributed by atoms with Crippen LogP contribution in [0.4, 0.5) is 5.95 Å². The number of ether oxygens (including phenoxy) is 1. The minimum absolute atomic E-state index is 0.0886. The number of imidazole rings is 1. The number of hydrogen-bond donors (Lipinski definition) is 1. The molecule has 1 N–H and O–H groups in total. The number of nitrogens with zero attached hydrogens (tertiary/aromatic N) is 6. The van der Waals surface area contributed by atoms with Gasteiger partial charge in [0.05, 0.1) is 21.7 Å². The molecular weight excluding hydrogens is 518 g/mol. The van der Waals surface area contributed by atoms with E-state index in [4.69, 9.17) is 30.7 Å². The van der Waals surface area contributed by atoms with Crippen molar-refractivity contribution < 1.29 is 9.15 Å². The second kappa shape index (κ2) is 9.53. The van der Waals surface area contributed by atoms with Gasteiger partial charge in [-0.3, -0.25) is 4.98 Å². The van der Waals surface area contributed by atoms with E-state index >= 15 is 0 Å². The molecule has 0 spiro atoms. The molecule has 198 valence electrons. The highest BCUT2D eigenvalue weighted by Crippen LogP contribution is 2.39. The second-order valence-corrected chi connectivity index (χ2v) is 10.8. The lowest BCUT2D eigenvalue weighted by Gasteiger charge is -2.32. The van der Waals surface area contributed by atoms with E-state index in [0.717, 1.165) is 48.1 Å². The first kappa shape index (κ1) is 23.9. The largest absolute Gasteiger partial charge is 0.465 e. The van der Waals surface area contributed by atoms with E-state index in [1.54, 1.807) is 18.7 Å². The van der Waals surface area contributed by atoms with Crippen LogP contribution in [-0.2, 0) is 11.3 Å². The summed E-state index contributed by atoms with van der Waals surface area (Å²) in [7, 11) is 0. The van der Waals surface area contributed by atoms with Crippen LogP contribution in [0.3, 0.4) is 0 Å². The number of anilines is 1. The maximum Gasteiger partial charge on any atom is 0.434 e. The summed E-state index contributed by atoms with van der Waals surface area (Å²) in [5, 5.41) is 6.82. The van der Waals surface area contributed by atoms with Crippen LogP contribution in [0.5, 0.6) is 0 Å². The summed E-state index contributed by atoms with van der Waals surface area (Å²) < 4.78 is 13.3. The van der Waals surface area contributed by atoms with Crippen LogP contribution >= 0.6 is 11.6 Å². The molecule has 4 aromatic heterocycles. The summed E-state index contributed by atoms with van der Waals surface area (Å²) in [5.41, 5.74) is 3.32. The summed E-state index contributed by atoms with van der Waals surface area (Å²) in [5.74, 6) is 2.32. The van der Waals surface area contributed by atoms with Crippen molar-refractivity contribution in [3.63, 3.8) is 0 Å². The Balaban J connectivity index is 1.47. The van der Waals surface area contributed by atoms with Gasteiger partial charge in [-0.15, -0.1) is 5.10 Å². The summed E-state index contributed by atoms with van der Waals surface area (Å²) in [6, 6.07) is 3.55. The zero-order chi connectivity index (χ0) is 26.5. The topological polar surface area (TPSA) is 115 Å². The van der Waals surface area contributed by atoms with E-state index < -0.39 is 5.76 Å². The summed E-state index contributed by atoms with van der Waals surface area (Å²) in [6.07, 6.45) is 17.7. The van der Waals surface area contributed by atoms with Crippen LogP contribution in [0.15, 0.2) is 70.2 Å². The Morgan fingerprint density at radius 2 is 2.03 bits per heavy atom. The second-order valence-electron chi connectivity index (χ2n) is 10.4. The third-order valence-electron chi connectivity index (χ3n) is 7.72. The average molecular weight is 544 g/mol. The normalized spacial score (nSPS) is 22.3. The molecule has 5 heterocycles. The molecule has 0 aromatic carbocycles. The van der Waals surface area contributed by atoms with E-state index in [-0.39, 0.29) is 11.9 Å². The number of halogens is 1. The minimum Gasteiger partial charge on any atom is -0.465 e. The van der Waals surface area contributed by atoms with Gasteiger partial charge in [0.2, 0.25) is 5.95 Å². The van der Waals surface area contributed by atoms with E-state index in [1.165, 1.54) is 12.8 Å². The molecule has 1 fully saturated rings. The van der Waals surface area contributed by atoms with Gasteiger partial charge in [-0.1, -0.05) is 43.5 Å².